The van der Waals surface area contributed by atoms with Crippen molar-refractivity contribution < 1.29 is 9.18 Å². The van der Waals surface area contributed by atoms with E-state index in [-0.39, 0.29) is 17.6 Å². The molecule has 1 aliphatic heterocycles. The smallest absolute Gasteiger partial charge is 0.266 e. The lowest BCUT2D eigenvalue weighted by Gasteiger charge is -2.26. The summed E-state index contributed by atoms with van der Waals surface area (Å²) in [6.07, 6.45) is 4.93. The number of likely N-dealkylation sites (N-methyl/N-ethyl adjacent to an activating group) is 1. The van der Waals surface area contributed by atoms with Gasteiger partial charge in [-0.25, -0.2) is 19.4 Å². The molecule has 1 aromatic carbocycles. The number of nitrogens with zero attached hydrogens (tertiary/aromatic N) is 5. The molecule has 0 spiro atoms. The van der Waals surface area contributed by atoms with Crippen LogP contribution < -0.4 is 5.73 Å². The van der Waals surface area contributed by atoms with E-state index in [2.05, 4.69) is 19.9 Å². The van der Waals surface area contributed by atoms with Gasteiger partial charge in [-0.1, -0.05) is 24.3 Å². The average Bonchev–Trinajstić information content (AvgIpc) is 2.99. The summed E-state index contributed by atoms with van der Waals surface area (Å²) in [5.41, 5.74) is 7.69. The van der Waals surface area contributed by atoms with Gasteiger partial charge in [0.1, 0.15) is 12.5 Å². The van der Waals surface area contributed by atoms with Crippen molar-refractivity contribution in [2.45, 2.75) is 19.1 Å². The number of guanidine groups is 1. The lowest BCUT2D eigenvalue weighted by Crippen LogP contribution is -2.41. The first-order chi connectivity index (χ1) is 14.0. The van der Waals surface area contributed by atoms with Crippen LogP contribution in [0.25, 0.3) is 11.1 Å². The Morgan fingerprint density at radius 2 is 1.79 bits per heavy atom. The minimum Gasteiger partial charge on any atom is -0.369 e. The molecule has 3 heterocycles. The number of carbonyl (C=O) groups is 1. The summed E-state index contributed by atoms with van der Waals surface area (Å²) >= 11 is 0. The van der Waals surface area contributed by atoms with E-state index < -0.39 is 12.2 Å². The van der Waals surface area contributed by atoms with E-state index >= 15 is 0 Å². The standard InChI is InChI=1S/C21H19FN6O/c1-13-24-10-15(11-25-13)14-4-3-5-16(8-14)21(19(29)28(2)20(23)27-21)17-6-7-18(9-22)26-12-17/h3-8,10-12H,9H2,1-2H3,(H2,23,27). The largest absolute Gasteiger partial charge is 0.369 e. The predicted molar refractivity (Wildman–Crippen MR) is 106 cm³/mol. The number of hydrogen-bond acceptors (Lipinski definition) is 6. The lowest BCUT2D eigenvalue weighted by molar-refractivity contribution is -0.129. The number of aliphatic imine (C=N–C) groups is 1. The lowest BCUT2D eigenvalue weighted by atomic mass is 9.82. The van der Waals surface area contributed by atoms with Crippen LogP contribution in [0.3, 0.4) is 0 Å². The molecule has 0 bridgehead atoms. The van der Waals surface area contributed by atoms with Gasteiger partial charge in [-0.3, -0.25) is 14.7 Å². The molecule has 4 rings (SSSR count). The second kappa shape index (κ2) is 7.05. The zero-order valence-electron chi connectivity index (χ0n) is 16.0. The first kappa shape index (κ1) is 18.7. The Labute approximate surface area is 167 Å². The van der Waals surface area contributed by atoms with Gasteiger partial charge in [0.25, 0.3) is 5.91 Å². The van der Waals surface area contributed by atoms with E-state index in [0.717, 1.165) is 11.1 Å². The predicted octanol–water partition coefficient (Wildman–Crippen LogP) is 2.35. The highest BCUT2D eigenvalue weighted by Gasteiger charge is 2.49. The first-order valence-electron chi connectivity index (χ1n) is 9.00. The molecule has 0 saturated heterocycles. The minimum atomic E-state index is -1.39. The fourth-order valence-electron chi connectivity index (χ4n) is 3.37. The van der Waals surface area contributed by atoms with Gasteiger partial charge in [0.15, 0.2) is 11.5 Å². The number of pyridine rings is 1. The number of halogens is 1. The monoisotopic (exact) mass is 390 g/mol. The summed E-state index contributed by atoms with van der Waals surface area (Å²) in [6.45, 7) is 1.13. The third kappa shape index (κ3) is 3.02. The number of nitrogens with two attached hydrogens (primary N) is 1. The van der Waals surface area contributed by atoms with Gasteiger partial charge in [-0.15, -0.1) is 0 Å². The number of benzene rings is 1. The van der Waals surface area contributed by atoms with Gasteiger partial charge in [-0.2, -0.15) is 0 Å². The Morgan fingerprint density at radius 3 is 2.38 bits per heavy atom. The molecule has 0 fully saturated rings. The van der Waals surface area contributed by atoms with Crippen molar-refractivity contribution in [3.8, 4) is 11.1 Å². The number of aromatic nitrogens is 3. The van der Waals surface area contributed by atoms with Crippen LogP contribution in [0.4, 0.5) is 4.39 Å². The molecule has 0 radical (unpaired) electrons. The second-order valence-corrected chi connectivity index (χ2v) is 6.82. The molecule has 1 atom stereocenters. The van der Waals surface area contributed by atoms with E-state index in [4.69, 9.17) is 5.73 Å². The van der Waals surface area contributed by atoms with Crippen LogP contribution in [0.5, 0.6) is 0 Å². The molecule has 7 nitrogen and oxygen atoms in total. The Hall–Kier alpha value is -3.68. The number of amides is 1. The minimum absolute atomic E-state index is 0.105. The molecule has 1 amide bonds. The molecule has 8 heteroatoms. The molecule has 29 heavy (non-hydrogen) atoms. The Morgan fingerprint density at radius 1 is 1.03 bits per heavy atom. The number of carbonyl (C=O) groups excluding carboxylic acids is 1. The fourth-order valence-corrected chi connectivity index (χ4v) is 3.37. The normalized spacial score (nSPS) is 18.8. The van der Waals surface area contributed by atoms with Gasteiger partial charge in [-0.05, 0) is 30.2 Å². The SMILES string of the molecule is Cc1ncc(-c2cccc(C3(c4ccc(CF)nc4)N=C(N)N(C)C3=O)c2)cn1. The zero-order valence-corrected chi connectivity index (χ0v) is 16.0. The first-order valence-corrected chi connectivity index (χ1v) is 9.00. The van der Waals surface area contributed by atoms with Crippen LogP contribution in [0.2, 0.25) is 0 Å². The number of rotatable bonds is 4. The molecular formula is C21H19FN6O. The second-order valence-electron chi connectivity index (χ2n) is 6.82. The van der Waals surface area contributed by atoms with E-state index in [0.29, 0.717) is 17.0 Å². The third-order valence-corrected chi connectivity index (χ3v) is 5.01. The zero-order chi connectivity index (χ0) is 20.6. The number of hydrogen-bond donors (Lipinski definition) is 1. The van der Waals surface area contributed by atoms with Gasteiger partial charge in [0, 0.05) is 36.8 Å². The van der Waals surface area contributed by atoms with E-state index in [1.807, 2.05) is 31.2 Å². The Bertz CT molecular complexity index is 1100. The molecular weight excluding hydrogens is 371 g/mol. The highest BCUT2D eigenvalue weighted by Crippen LogP contribution is 2.40. The van der Waals surface area contributed by atoms with Crippen LogP contribution >= 0.6 is 0 Å². The summed E-state index contributed by atoms with van der Waals surface area (Å²) in [4.78, 5) is 31.7. The molecule has 3 aromatic rings. The summed E-state index contributed by atoms with van der Waals surface area (Å²) < 4.78 is 12.9. The van der Waals surface area contributed by atoms with E-state index in [1.54, 1.807) is 31.6 Å². The fraction of sp³-hybridized carbons (Fsp3) is 0.190. The topological polar surface area (TPSA) is 97.4 Å². The molecule has 1 aliphatic rings. The maximum atomic E-state index is 13.3. The van der Waals surface area contributed by atoms with Crippen molar-refractivity contribution in [3.05, 3.63) is 77.6 Å². The summed E-state index contributed by atoms with van der Waals surface area (Å²) in [6, 6.07) is 10.6. The quantitative estimate of drug-likeness (QED) is 0.737. The van der Waals surface area contributed by atoms with Gasteiger partial charge in [0.05, 0.1) is 5.69 Å². The van der Waals surface area contributed by atoms with E-state index in [9.17, 15) is 9.18 Å². The van der Waals surface area contributed by atoms with Crippen LogP contribution in [-0.4, -0.2) is 38.8 Å². The van der Waals surface area contributed by atoms with Crippen molar-refractivity contribution in [2.24, 2.45) is 10.7 Å². The molecule has 146 valence electrons. The number of aryl methyl sites for hydroxylation is 1. The summed E-state index contributed by atoms with van der Waals surface area (Å²) in [5, 5.41) is 0. The molecule has 2 N–H and O–H groups in total. The molecule has 2 aromatic heterocycles. The average molecular weight is 390 g/mol. The van der Waals surface area contributed by atoms with E-state index in [1.165, 1.54) is 11.1 Å². The van der Waals surface area contributed by atoms with Gasteiger partial charge in [0.2, 0.25) is 0 Å². The van der Waals surface area contributed by atoms with Gasteiger partial charge >= 0.3 is 0 Å². The van der Waals surface area contributed by atoms with Crippen LogP contribution in [0.15, 0.2) is 60.0 Å². The summed E-state index contributed by atoms with van der Waals surface area (Å²) in [5.74, 6) is 0.473. The van der Waals surface area contributed by atoms with Crippen LogP contribution in [0.1, 0.15) is 22.6 Å². The Kier molecular flexibility index (Phi) is 4.54. The third-order valence-electron chi connectivity index (χ3n) is 5.01. The Balaban J connectivity index is 1.90. The van der Waals surface area contributed by atoms with Crippen LogP contribution in [0, 0.1) is 6.92 Å². The maximum absolute atomic E-state index is 13.3. The highest BCUT2D eigenvalue weighted by molar-refractivity contribution is 6.09. The summed E-state index contributed by atoms with van der Waals surface area (Å²) in [7, 11) is 1.57. The van der Waals surface area contributed by atoms with Crippen molar-refractivity contribution in [1.82, 2.24) is 19.9 Å². The van der Waals surface area contributed by atoms with Crippen molar-refractivity contribution in [3.63, 3.8) is 0 Å². The highest BCUT2D eigenvalue weighted by atomic mass is 19.1. The van der Waals surface area contributed by atoms with Crippen molar-refractivity contribution in [1.29, 1.82) is 0 Å². The molecule has 0 aliphatic carbocycles. The molecule has 1 unspecified atom stereocenters. The van der Waals surface area contributed by atoms with Crippen molar-refractivity contribution >= 4 is 11.9 Å². The number of alkyl halides is 1. The van der Waals surface area contributed by atoms with Crippen LogP contribution in [-0.2, 0) is 17.0 Å². The van der Waals surface area contributed by atoms with Crippen molar-refractivity contribution in [2.75, 3.05) is 7.05 Å². The van der Waals surface area contributed by atoms with Gasteiger partial charge < -0.3 is 5.73 Å². The maximum Gasteiger partial charge on any atom is 0.266 e. The molecule has 0 saturated carbocycles.